The van der Waals surface area contributed by atoms with Crippen molar-refractivity contribution in [1.29, 1.82) is 0 Å². The fraction of sp³-hybridized carbons (Fsp3) is 0.0526. The van der Waals surface area contributed by atoms with Crippen LogP contribution < -0.4 is 10.6 Å². The SMILES string of the molecule is CC(=O)c1ccc(Nc2ccc(NC(=O)c3cccnc3)cn2)cc1. The van der Waals surface area contributed by atoms with E-state index >= 15 is 0 Å². The Kier molecular flexibility index (Phi) is 4.80. The van der Waals surface area contributed by atoms with Gasteiger partial charge in [-0.15, -0.1) is 0 Å². The van der Waals surface area contributed by atoms with E-state index in [0.29, 0.717) is 22.6 Å². The fourth-order valence-corrected chi connectivity index (χ4v) is 2.18. The molecule has 0 spiro atoms. The number of hydrogen-bond donors (Lipinski definition) is 2. The molecule has 2 heterocycles. The maximum absolute atomic E-state index is 12.1. The molecular weight excluding hydrogens is 316 g/mol. The van der Waals surface area contributed by atoms with Crippen molar-refractivity contribution in [2.45, 2.75) is 6.92 Å². The monoisotopic (exact) mass is 332 g/mol. The van der Waals surface area contributed by atoms with Crippen molar-refractivity contribution in [2.75, 3.05) is 10.6 Å². The third-order valence-corrected chi connectivity index (χ3v) is 3.51. The van der Waals surface area contributed by atoms with E-state index in [2.05, 4.69) is 20.6 Å². The number of amides is 1. The second-order valence-corrected chi connectivity index (χ2v) is 5.39. The molecule has 0 aliphatic heterocycles. The zero-order valence-corrected chi connectivity index (χ0v) is 13.6. The van der Waals surface area contributed by atoms with Crippen LogP contribution in [0.1, 0.15) is 27.6 Å². The minimum atomic E-state index is -0.240. The van der Waals surface area contributed by atoms with Gasteiger partial charge < -0.3 is 10.6 Å². The molecule has 6 heteroatoms. The van der Waals surface area contributed by atoms with Gasteiger partial charge in [0.2, 0.25) is 0 Å². The number of rotatable bonds is 5. The van der Waals surface area contributed by atoms with Gasteiger partial charge >= 0.3 is 0 Å². The highest BCUT2D eigenvalue weighted by molar-refractivity contribution is 6.04. The van der Waals surface area contributed by atoms with Crippen molar-refractivity contribution in [2.24, 2.45) is 0 Å². The summed E-state index contributed by atoms with van der Waals surface area (Å²) in [6.07, 6.45) is 4.69. The van der Waals surface area contributed by atoms with Crippen LogP contribution in [0.3, 0.4) is 0 Å². The normalized spacial score (nSPS) is 10.1. The summed E-state index contributed by atoms with van der Waals surface area (Å²) in [7, 11) is 0. The largest absolute Gasteiger partial charge is 0.340 e. The van der Waals surface area contributed by atoms with Crippen molar-refractivity contribution < 1.29 is 9.59 Å². The van der Waals surface area contributed by atoms with Gasteiger partial charge in [0.25, 0.3) is 5.91 Å². The first kappa shape index (κ1) is 16.3. The van der Waals surface area contributed by atoms with Crippen LogP contribution in [0.25, 0.3) is 0 Å². The molecule has 1 aromatic carbocycles. The fourth-order valence-electron chi connectivity index (χ4n) is 2.18. The molecule has 0 radical (unpaired) electrons. The lowest BCUT2D eigenvalue weighted by Gasteiger charge is -2.08. The smallest absolute Gasteiger partial charge is 0.257 e. The van der Waals surface area contributed by atoms with Crippen LogP contribution in [-0.4, -0.2) is 21.7 Å². The van der Waals surface area contributed by atoms with E-state index in [9.17, 15) is 9.59 Å². The summed E-state index contributed by atoms with van der Waals surface area (Å²) in [6, 6.07) is 14.1. The molecule has 1 amide bonds. The molecule has 3 aromatic rings. The van der Waals surface area contributed by atoms with Crippen molar-refractivity contribution in [3.05, 3.63) is 78.2 Å². The zero-order chi connectivity index (χ0) is 17.6. The van der Waals surface area contributed by atoms with Gasteiger partial charge in [0.15, 0.2) is 5.78 Å². The van der Waals surface area contributed by atoms with Gasteiger partial charge in [-0.05, 0) is 55.5 Å². The van der Waals surface area contributed by atoms with Gasteiger partial charge in [-0.2, -0.15) is 0 Å². The first-order valence-corrected chi connectivity index (χ1v) is 7.67. The highest BCUT2D eigenvalue weighted by Crippen LogP contribution is 2.17. The number of Topliss-reactive ketones (excluding diaryl/α,β-unsaturated/α-hetero) is 1. The predicted octanol–water partition coefficient (Wildman–Crippen LogP) is 3.68. The molecule has 0 bridgehead atoms. The van der Waals surface area contributed by atoms with Gasteiger partial charge in [-0.25, -0.2) is 4.98 Å². The molecule has 0 saturated heterocycles. The van der Waals surface area contributed by atoms with E-state index in [1.165, 1.54) is 13.1 Å². The van der Waals surface area contributed by atoms with Crippen LogP contribution in [0.2, 0.25) is 0 Å². The Morgan fingerprint density at radius 1 is 0.880 bits per heavy atom. The zero-order valence-electron chi connectivity index (χ0n) is 13.6. The molecule has 0 fully saturated rings. The van der Waals surface area contributed by atoms with Crippen molar-refractivity contribution >= 4 is 28.9 Å². The third kappa shape index (κ3) is 4.26. The quantitative estimate of drug-likeness (QED) is 0.696. The average molecular weight is 332 g/mol. The third-order valence-electron chi connectivity index (χ3n) is 3.51. The van der Waals surface area contributed by atoms with E-state index in [0.717, 1.165) is 5.69 Å². The Morgan fingerprint density at radius 2 is 1.64 bits per heavy atom. The summed E-state index contributed by atoms with van der Waals surface area (Å²) in [6.45, 7) is 1.53. The van der Waals surface area contributed by atoms with Crippen LogP contribution in [0.15, 0.2) is 67.1 Å². The van der Waals surface area contributed by atoms with Gasteiger partial charge in [0.1, 0.15) is 5.82 Å². The highest BCUT2D eigenvalue weighted by atomic mass is 16.1. The summed E-state index contributed by atoms with van der Waals surface area (Å²) < 4.78 is 0. The number of anilines is 3. The lowest BCUT2D eigenvalue weighted by atomic mass is 10.1. The molecule has 6 nitrogen and oxygen atoms in total. The summed E-state index contributed by atoms with van der Waals surface area (Å²) in [5.41, 5.74) is 2.55. The number of carbonyl (C=O) groups is 2. The number of aromatic nitrogens is 2. The standard InChI is InChI=1S/C19H16N4O2/c1-13(24)14-4-6-16(7-5-14)22-18-9-8-17(12-21-18)23-19(25)15-3-2-10-20-11-15/h2-12H,1H3,(H,21,22)(H,23,25). The first-order chi connectivity index (χ1) is 12.1. The Labute approximate surface area is 145 Å². The first-order valence-electron chi connectivity index (χ1n) is 7.67. The molecule has 2 aromatic heterocycles. The van der Waals surface area contributed by atoms with Crippen LogP contribution in [0.4, 0.5) is 17.2 Å². The van der Waals surface area contributed by atoms with Crippen LogP contribution in [0, 0.1) is 0 Å². The summed E-state index contributed by atoms with van der Waals surface area (Å²) >= 11 is 0. The Bertz CT molecular complexity index is 876. The molecule has 0 aliphatic carbocycles. The molecule has 124 valence electrons. The molecule has 25 heavy (non-hydrogen) atoms. The van der Waals surface area contributed by atoms with E-state index < -0.39 is 0 Å². The Morgan fingerprint density at radius 3 is 2.24 bits per heavy atom. The molecule has 0 saturated carbocycles. The summed E-state index contributed by atoms with van der Waals surface area (Å²) in [5.74, 6) is 0.420. The number of pyridine rings is 2. The highest BCUT2D eigenvalue weighted by Gasteiger charge is 2.06. The van der Waals surface area contributed by atoms with E-state index in [-0.39, 0.29) is 11.7 Å². The number of ketones is 1. The molecule has 0 aliphatic rings. The van der Waals surface area contributed by atoms with Gasteiger partial charge in [0.05, 0.1) is 17.4 Å². The minimum Gasteiger partial charge on any atom is -0.340 e. The number of hydrogen-bond acceptors (Lipinski definition) is 5. The number of benzene rings is 1. The van der Waals surface area contributed by atoms with E-state index in [4.69, 9.17) is 0 Å². The molecule has 3 rings (SSSR count). The second-order valence-electron chi connectivity index (χ2n) is 5.39. The van der Waals surface area contributed by atoms with Gasteiger partial charge in [-0.1, -0.05) is 0 Å². The maximum Gasteiger partial charge on any atom is 0.257 e. The lowest BCUT2D eigenvalue weighted by Crippen LogP contribution is -2.12. The van der Waals surface area contributed by atoms with Crippen molar-refractivity contribution in [3.8, 4) is 0 Å². The van der Waals surface area contributed by atoms with Gasteiger partial charge in [0, 0.05) is 23.6 Å². The van der Waals surface area contributed by atoms with Crippen molar-refractivity contribution in [3.63, 3.8) is 0 Å². The number of nitrogens with zero attached hydrogens (tertiary/aromatic N) is 2. The summed E-state index contributed by atoms with van der Waals surface area (Å²) in [5, 5.41) is 5.90. The number of nitrogens with one attached hydrogen (secondary N) is 2. The van der Waals surface area contributed by atoms with E-state index in [1.807, 2.05) is 12.1 Å². The van der Waals surface area contributed by atoms with Gasteiger partial charge in [-0.3, -0.25) is 14.6 Å². The topological polar surface area (TPSA) is 84.0 Å². The Balaban J connectivity index is 1.64. The second kappa shape index (κ2) is 7.35. The molecule has 0 atom stereocenters. The van der Waals surface area contributed by atoms with Crippen LogP contribution >= 0.6 is 0 Å². The Hall–Kier alpha value is -3.54. The van der Waals surface area contributed by atoms with Crippen LogP contribution in [-0.2, 0) is 0 Å². The summed E-state index contributed by atoms with van der Waals surface area (Å²) in [4.78, 5) is 31.5. The van der Waals surface area contributed by atoms with E-state index in [1.54, 1.807) is 48.8 Å². The van der Waals surface area contributed by atoms with Crippen LogP contribution in [0.5, 0.6) is 0 Å². The molecular formula is C19H16N4O2. The molecule has 2 N–H and O–H groups in total. The average Bonchev–Trinajstić information content (AvgIpc) is 2.64. The molecule has 0 unspecified atom stereocenters. The van der Waals surface area contributed by atoms with Crippen molar-refractivity contribution in [1.82, 2.24) is 9.97 Å². The minimum absolute atomic E-state index is 0.0263. The maximum atomic E-state index is 12.1. The number of carbonyl (C=O) groups excluding carboxylic acids is 2. The predicted molar refractivity (Wildman–Crippen MR) is 96.2 cm³/mol. The lowest BCUT2D eigenvalue weighted by molar-refractivity contribution is 0.101.